The maximum Gasteiger partial charge on any atom is 0.413 e. The zero-order valence-electron chi connectivity index (χ0n) is 13.4. The van der Waals surface area contributed by atoms with Crippen LogP contribution in [0.5, 0.6) is 0 Å². The van der Waals surface area contributed by atoms with Crippen LogP contribution < -0.4 is 5.32 Å². The Kier molecular flexibility index (Phi) is 5.10. The summed E-state index contributed by atoms with van der Waals surface area (Å²) < 4.78 is 4.86. The third-order valence-electron chi connectivity index (χ3n) is 3.77. The molecule has 1 aromatic heterocycles. The molecule has 1 aliphatic heterocycles. The average Bonchev–Trinajstić information content (AvgIpc) is 2.97. The molecule has 2 amide bonds. The standard InChI is InChI=1S/C17H19N3O3S/c1-2-23-17(22)19-16-18-13-8-9-20(11-14(13)24-16)15(21)10-12-6-4-3-5-7-12/h3-7H,2,8-11H2,1H3,(H,18,19,22). The maximum absolute atomic E-state index is 12.5. The smallest absolute Gasteiger partial charge is 0.413 e. The normalized spacial score (nSPS) is 13.3. The van der Waals surface area contributed by atoms with Crippen LogP contribution in [0.25, 0.3) is 0 Å². The SMILES string of the molecule is CCOC(=O)Nc1nc2c(s1)CN(C(=O)Cc1ccccc1)CC2. The zero-order valence-corrected chi connectivity index (χ0v) is 14.3. The summed E-state index contributed by atoms with van der Waals surface area (Å²) in [6, 6.07) is 9.74. The minimum Gasteiger partial charge on any atom is -0.450 e. The highest BCUT2D eigenvalue weighted by Crippen LogP contribution is 2.28. The van der Waals surface area contributed by atoms with Gasteiger partial charge in [-0.05, 0) is 12.5 Å². The number of hydrogen-bond acceptors (Lipinski definition) is 5. The molecule has 1 N–H and O–H groups in total. The molecule has 0 atom stereocenters. The Balaban J connectivity index is 1.62. The molecule has 7 heteroatoms. The van der Waals surface area contributed by atoms with E-state index < -0.39 is 6.09 Å². The summed E-state index contributed by atoms with van der Waals surface area (Å²) in [6.45, 7) is 3.27. The first-order valence-corrected chi connectivity index (χ1v) is 8.71. The number of thiazole rings is 1. The van der Waals surface area contributed by atoms with Gasteiger partial charge in [-0.3, -0.25) is 10.1 Å². The van der Waals surface area contributed by atoms with Gasteiger partial charge in [0, 0.05) is 17.8 Å². The summed E-state index contributed by atoms with van der Waals surface area (Å²) in [4.78, 5) is 31.2. The number of carbonyl (C=O) groups is 2. The van der Waals surface area contributed by atoms with E-state index in [1.807, 2.05) is 35.2 Å². The molecule has 0 radical (unpaired) electrons. The van der Waals surface area contributed by atoms with E-state index in [9.17, 15) is 9.59 Å². The van der Waals surface area contributed by atoms with Crippen LogP contribution in [0.4, 0.5) is 9.93 Å². The molecule has 2 heterocycles. The number of rotatable bonds is 4. The molecule has 0 fully saturated rings. The van der Waals surface area contributed by atoms with E-state index in [-0.39, 0.29) is 5.91 Å². The quantitative estimate of drug-likeness (QED) is 0.925. The Labute approximate surface area is 144 Å². The van der Waals surface area contributed by atoms with Gasteiger partial charge in [0.1, 0.15) is 0 Å². The second-order valence-corrected chi connectivity index (χ2v) is 6.55. The first kappa shape index (κ1) is 16.4. The van der Waals surface area contributed by atoms with Crippen molar-refractivity contribution in [2.75, 3.05) is 18.5 Å². The van der Waals surface area contributed by atoms with Crippen LogP contribution in [0.1, 0.15) is 23.1 Å². The molecule has 1 aromatic carbocycles. The number of nitrogens with one attached hydrogen (secondary N) is 1. The van der Waals surface area contributed by atoms with Crippen LogP contribution in [0.15, 0.2) is 30.3 Å². The van der Waals surface area contributed by atoms with E-state index in [1.165, 1.54) is 11.3 Å². The number of aromatic nitrogens is 1. The number of benzene rings is 1. The zero-order chi connectivity index (χ0) is 16.9. The van der Waals surface area contributed by atoms with Crippen LogP contribution in [0.2, 0.25) is 0 Å². The third kappa shape index (κ3) is 3.91. The average molecular weight is 345 g/mol. The largest absolute Gasteiger partial charge is 0.450 e. The van der Waals surface area contributed by atoms with E-state index in [0.717, 1.165) is 16.1 Å². The van der Waals surface area contributed by atoms with Gasteiger partial charge in [0.25, 0.3) is 0 Å². The molecule has 0 saturated carbocycles. The molecule has 6 nitrogen and oxygen atoms in total. The fourth-order valence-electron chi connectivity index (χ4n) is 2.60. The maximum atomic E-state index is 12.5. The molecule has 0 unspecified atom stereocenters. The van der Waals surface area contributed by atoms with E-state index in [0.29, 0.717) is 37.7 Å². The molecule has 0 saturated heterocycles. The van der Waals surface area contributed by atoms with Crippen molar-refractivity contribution in [3.63, 3.8) is 0 Å². The lowest BCUT2D eigenvalue weighted by Gasteiger charge is -2.26. The molecule has 0 aliphatic carbocycles. The molecular formula is C17H19N3O3S. The van der Waals surface area contributed by atoms with E-state index in [4.69, 9.17) is 4.74 Å². The fraction of sp³-hybridized carbons (Fsp3) is 0.353. The predicted octanol–water partition coefficient (Wildman–Crippen LogP) is 2.84. The van der Waals surface area contributed by atoms with Crippen LogP contribution in [0, 0.1) is 0 Å². The molecule has 0 spiro atoms. The first-order chi connectivity index (χ1) is 11.7. The van der Waals surface area contributed by atoms with Crippen LogP contribution >= 0.6 is 11.3 Å². The van der Waals surface area contributed by atoms with Crippen molar-refractivity contribution in [3.05, 3.63) is 46.5 Å². The van der Waals surface area contributed by atoms with E-state index in [1.54, 1.807) is 6.92 Å². The van der Waals surface area contributed by atoms with Crippen molar-refractivity contribution in [2.24, 2.45) is 0 Å². The summed E-state index contributed by atoms with van der Waals surface area (Å²) >= 11 is 1.40. The fourth-order valence-corrected chi connectivity index (χ4v) is 3.61. The van der Waals surface area contributed by atoms with Gasteiger partial charge >= 0.3 is 6.09 Å². The Bertz CT molecular complexity index is 730. The van der Waals surface area contributed by atoms with Crippen molar-refractivity contribution in [2.45, 2.75) is 26.3 Å². The number of fused-ring (bicyclic) bond motifs is 1. The summed E-state index contributed by atoms with van der Waals surface area (Å²) in [5.74, 6) is 0.111. The molecule has 1 aliphatic rings. The predicted molar refractivity (Wildman–Crippen MR) is 92.0 cm³/mol. The number of anilines is 1. The monoisotopic (exact) mass is 345 g/mol. The molecular weight excluding hydrogens is 326 g/mol. The van der Waals surface area contributed by atoms with Crippen LogP contribution in [-0.4, -0.2) is 35.0 Å². The lowest BCUT2D eigenvalue weighted by atomic mass is 10.1. The summed E-state index contributed by atoms with van der Waals surface area (Å²) in [6.07, 6.45) is 0.611. The van der Waals surface area contributed by atoms with Crippen molar-refractivity contribution < 1.29 is 14.3 Å². The Morgan fingerprint density at radius 3 is 2.88 bits per heavy atom. The Hall–Kier alpha value is -2.41. The number of hydrogen-bond donors (Lipinski definition) is 1. The van der Waals surface area contributed by atoms with Crippen molar-refractivity contribution >= 4 is 28.5 Å². The van der Waals surface area contributed by atoms with E-state index >= 15 is 0 Å². The highest BCUT2D eigenvalue weighted by atomic mass is 32.1. The van der Waals surface area contributed by atoms with Gasteiger partial charge in [-0.1, -0.05) is 41.7 Å². The molecule has 126 valence electrons. The third-order valence-corrected chi connectivity index (χ3v) is 4.76. The Morgan fingerprint density at radius 1 is 1.33 bits per heavy atom. The highest BCUT2D eigenvalue weighted by molar-refractivity contribution is 7.15. The van der Waals surface area contributed by atoms with Crippen molar-refractivity contribution in [1.29, 1.82) is 0 Å². The van der Waals surface area contributed by atoms with Gasteiger partial charge in [-0.25, -0.2) is 9.78 Å². The second kappa shape index (κ2) is 7.44. The highest BCUT2D eigenvalue weighted by Gasteiger charge is 2.24. The summed E-state index contributed by atoms with van der Waals surface area (Å²) in [5, 5.41) is 3.15. The minimum atomic E-state index is -0.499. The topological polar surface area (TPSA) is 71.5 Å². The van der Waals surface area contributed by atoms with Crippen molar-refractivity contribution in [3.8, 4) is 0 Å². The molecule has 0 bridgehead atoms. The lowest BCUT2D eigenvalue weighted by molar-refractivity contribution is -0.131. The van der Waals surface area contributed by atoms with Gasteiger partial charge in [-0.2, -0.15) is 0 Å². The summed E-state index contributed by atoms with van der Waals surface area (Å²) in [7, 11) is 0. The summed E-state index contributed by atoms with van der Waals surface area (Å²) in [5.41, 5.74) is 1.97. The second-order valence-electron chi connectivity index (χ2n) is 5.46. The van der Waals surface area contributed by atoms with E-state index in [2.05, 4.69) is 10.3 Å². The number of nitrogens with zero attached hydrogens (tertiary/aromatic N) is 2. The van der Waals surface area contributed by atoms with Gasteiger partial charge in [0.2, 0.25) is 5.91 Å². The first-order valence-electron chi connectivity index (χ1n) is 7.89. The number of ether oxygens (including phenoxy) is 1. The minimum absolute atomic E-state index is 0.111. The number of carbonyl (C=O) groups excluding carboxylic acids is 2. The van der Waals surface area contributed by atoms with Gasteiger partial charge in [-0.15, -0.1) is 0 Å². The van der Waals surface area contributed by atoms with Crippen molar-refractivity contribution in [1.82, 2.24) is 9.88 Å². The van der Waals surface area contributed by atoms with Gasteiger partial charge < -0.3 is 9.64 Å². The molecule has 24 heavy (non-hydrogen) atoms. The number of amides is 2. The Morgan fingerprint density at radius 2 is 2.12 bits per heavy atom. The lowest BCUT2D eigenvalue weighted by Crippen LogP contribution is -2.36. The molecule has 3 rings (SSSR count). The molecule has 2 aromatic rings. The van der Waals surface area contributed by atoms with Gasteiger partial charge in [0.05, 0.1) is 25.3 Å². The van der Waals surface area contributed by atoms with Crippen LogP contribution in [0.3, 0.4) is 0 Å². The van der Waals surface area contributed by atoms with Crippen LogP contribution in [-0.2, 0) is 28.9 Å². The van der Waals surface area contributed by atoms with Gasteiger partial charge in [0.15, 0.2) is 5.13 Å².